The molecule has 136 valence electrons. The molecular weight excluding hydrogens is 400 g/mol. The predicted molar refractivity (Wildman–Crippen MR) is 103 cm³/mol. The zero-order valence-corrected chi connectivity index (χ0v) is 16.4. The summed E-state index contributed by atoms with van der Waals surface area (Å²) in [5.74, 6) is 2.15. The van der Waals surface area contributed by atoms with Gasteiger partial charge in [-0.2, -0.15) is 0 Å². The molecule has 0 saturated carbocycles. The maximum absolute atomic E-state index is 12.9. The van der Waals surface area contributed by atoms with Crippen molar-refractivity contribution in [3.05, 3.63) is 51.5 Å². The Kier molecular flexibility index (Phi) is 5.52. The Labute approximate surface area is 160 Å². The van der Waals surface area contributed by atoms with Crippen LogP contribution >= 0.6 is 15.9 Å². The predicted octanol–water partition coefficient (Wildman–Crippen LogP) is 4.52. The van der Waals surface area contributed by atoms with Crippen LogP contribution in [-0.4, -0.2) is 33.7 Å². The highest BCUT2D eigenvalue weighted by molar-refractivity contribution is 9.10. The fourth-order valence-electron chi connectivity index (χ4n) is 2.88. The van der Waals surface area contributed by atoms with Gasteiger partial charge in [-0.15, -0.1) is 0 Å². The number of methoxy groups -OCH3 is 3. The molecule has 2 aromatic rings. The number of carbonyl (C=O) groups excluding carboxylic acids is 1. The highest BCUT2D eigenvalue weighted by Gasteiger charge is 2.22. The Balaban J connectivity index is 2.04. The summed E-state index contributed by atoms with van der Waals surface area (Å²) in [7, 11) is 4.68. The van der Waals surface area contributed by atoms with Gasteiger partial charge in [-0.3, -0.25) is 4.79 Å². The highest BCUT2D eigenvalue weighted by atomic mass is 79.9. The molecule has 1 heterocycles. The van der Waals surface area contributed by atoms with Gasteiger partial charge in [0.05, 0.1) is 33.5 Å². The molecule has 0 N–H and O–H groups in total. The Bertz CT molecular complexity index is 847. The number of Topliss-reactive ketones (excluding diaryl/α,β-unsaturated/α-hetero) is 1. The van der Waals surface area contributed by atoms with Gasteiger partial charge in [0, 0.05) is 16.5 Å². The van der Waals surface area contributed by atoms with E-state index in [0.717, 1.165) is 10.0 Å². The second-order valence-electron chi connectivity index (χ2n) is 5.70. The van der Waals surface area contributed by atoms with Crippen molar-refractivity contribution >= 4 is 27.8 Å². The van der Waals surface area contributed by atoms with Crippen LogP contribution in [-0.2, 0) is 0 Å². The lowest BCUT2D eigenvalue weighted by Gasteiger charge is -2.13. The van der Waals surface area contributed by atoms with Gasteiger partial charge in [0.25, 0.3) is 0 Å². The first kappa shape index (κ1) is 18.3. The molecule has 2 aromatic carbocycles. The summed E-state index contributed by atoms with van der Waals surface area (Å²) in [4.78, 5) is 12.9. The number of hydrogen-bond donors (Lipinski definition) is 0. The molecule has 0 aromatic heterocycles. The van der Waals surface area contributed by atoms with E-state index >= 15 is 0 Å². The molecule has 0 amide bonds. The summed E-state index contributed by atoms with van der Waals surface area (Å²) >= 11 is 3.40. The van der Waals surface area contributed by atoms with Gasteiger partial charge in [-0.25, -0.2) is 0 Å². The number of benzene rings is 2. The Hall–Kier alpha value is -2.47. The average molecular weight is 419 g/mol. The van der Waals surface area contributed by atoms with Crippen LogP contribution in [0.1, 0.15) is 22.3 Å². The molecule has 1 aliphatic heterocycles. The molecule has 0 radical (unpaired) electrons. The van der Waals surface area contributed by atoms with E-state index in [1.807, 2.05) is 30.3 Å². The number of fused-ring (bicyclic) bond motifs is 1. The number of carbonyl (C=O) groups is 1. The zero-order valence-electron chi connectivity index (χ0n) is 14.8. The SMILES string of the molecule is COc1cc(/C=C2/CCOc3cc(Br)ccc3C2=O)cc(OC)c1OC. The molecule has 0 bridgehead atoms. The second-order valence-corrected chi connectivity index (χ2v) is 6.61. The molecule has 0 fully saturated rings. The van der Waals surface area contributed by atoms with Crippen molar-refractivity contribution in [1.29, 1.82) is 0 Å². The van der Waals surface area contributed by atoms with Crippen LogP contribution in [0.3, 0.4) is 0 Å². The average Bonchev–Trinajstić information content (AvgIpc) is 2.79. The van der Waals surface area contributed by atoms with Gasteiger partial charge < -0.3 is 18.9 Å². The Morgan fingerprint density at radius 2 is 1.73 bits per heavy atom. The van der Waals surface area contributed by atoms with E-state index < -0.39 is 0 Å². The first-order valence-corrected chi connectivity index (χ1v) is 8.84. The summed E-state index contributed by atoms with van der Waals surface area (Å²) < 4.78 is 22.7. The van der Waals surface area contributed by atoms with Crippen molar-refractivity contribution in [3.63, 3.8) is 0 Å². The highest BCUT2D eigenvalue weighted by Crippen LogP contribution is 2.39. The van der Waals surface area contributed by atoms with E-state index in [0.29, 0.717) is 47.2 Å². The van der Waals surface area contributed by atoms with Gasteiger partial charge in [-0.05, 0) is 42.0 Å². The standard InChI is InChI=1S/C20H19BrO5/c1-23-17-9-12(10-18(24-2)20(17)25-3)8-13-6-7-26-16-11-14(21)4-5-15(16)19(13)22/h4-5,8-11H,6-7H2,1-3H3/b13-8-. The fourth-order valence-corrected chi connectivity index (χ4v) is 3.22. The van der Waals surface area contributed by atoms with E-state index in [2.05, 4.69) is 15.9 Å². The third kappa shape index (κ3) is 3.55. The monoisotopic (exact) mass is 418 g/mol. The molecule has 0 atom stereocenters. The van der Waals surface area contributed by atoms with E-state index in [4.69, 9.17) is 18.9 Å². The number of halogens is 1. The van der Waals surface area contributed by atoms with Gasteiger partial charge in [0.2, 0.25) is 5.75 Å². The van der Waals surface area contributed by atoms with Crippen LogP contribution in [0, 0.1) is 0 Å². The zero-order chi connectivity index (χ0) is 18.7. The molecule has 6 heteroatoms. The van der Waals surface area contributed by atoms with Crippen LogP contribution in [0.25, 0.3) is 6.08 Å². The quantitative estimate of drug-likeness (QED) is 0.682. The van der Waals surface area contributed by atoms with Crippen molar-refractivity contribution < 1.29 is 23.7 Å². The Morgan fingerprint density at radius 1 is 1.04 bits per heavy atom. The first-order chi connectivity index (χ1) is 12.6. The number of hydrogen-bond acceptors (Lipinski definition) is 5. The van der Waals surface area contributed by atoms with Crippen molar-refractivity contribution in [3.8, 4) is 23.0 Å². The Morgan fingerprint density at radius 3 is 2.35 bits per heavy atom. The number of rotatable bonds is 4. The molecule has 0 spiro atoms. The van der Waals surface area contributed by atoms with Gasteiger partial charge in [-0.1, -0.05) is 15.9 Å². The lowest BCUT2D eigenvalue weighted by Crippen LogP contribution is -2.02. The minimum atomic E-state index is -0.0428. The molecule has 1 aliphatic rings. The van der Waals surface area contributed by atoms with Crippen LogP contribution in [0.5, 0.6) is 23.0 Å². The van der Waals surface area contributed by atoms with Gasteiger partial charge in [0.15, 0.2) is 17.3 Å². The summed E-state index contributed by atoms with van der Waals surface area (Å²) in [6, 6.07) is 9.06. The van der Waals surface area contributed by atoms with E-state index in [-0.39, 0.29) is 5.78 Å². The summed E-state index contributed by atoms with van der Waals surface area (Å²) in [6.07, 6.45) is 2.36. The number of ether oxygens (including phenoxy) is 4. The normalized spacial score (nSPS) is 15.1. The lowest BCUT2D eigenvalue weighted by molar-refractivity contribution is 0.103. The molecular formula is C20H19BrO5. The molecule has 0 saturated heterocycles. The van der Waals surface area contributed by atoms with Gasteiger partial charge in [0.1, 0.15) is 5.75 Å². The molecule has 0 unspecified atom stereocenters. The summed E-state index contributed by atoms with van der Waals surface area (Å²) in [5.41, 5.74) is 2.02. The molecule has 3 rings (SSSR count). The van der Waals surface area contributed by atoms with Crippen molar-refractivity contribution in [2.24, 2.45) is 0 Å². The summed E-state index contributed by atoms with van der Waals surface area (Å²) in [6.45, 7) is 0.436. The maximum Gasteiger partial charge on any atom is 0.203 e. The van der Waals surface area contributed by atoms with Crippen LogP contribution in [0.4, 0.5) is 0 Å². The first-order valence-electron chi connectivity index (χ1n) is 8.05. The van der Waals surface area contributed by atoms with E-state index in [1.54, 1.807) is 27.4 Å². The minimum absolute atomic E-state index is 0.0428. The van der Waals surface area contributed by atoms with E-state index in [9.17, 15) is 4.79 Å². The van der Waals surface area contributed by atoms with Crippen molar-refractivity contribution in [2.75, 3.05) is 27.9 Å². The molecule has 0 aliphatic carbocycles. The molecule has 5 nitrogen and oxygen atoms in total. The van der Waals surface area contributed by atoms with Crippen LogP contribution in [0.15, 0.2) is 40.4 Å². The minimum Gasteiger partial charge on any atom is -0.493 e. The topological polar surface area (TPSA) is 54.0 Å². The maximum atomic E-state index is 12.9. The van der Waals surface area contributed by atoms with Gasteiger partial charge >= 0.3 is 0 Å². The van der Waals surface area contributed by atoms with Crippen molar-refractivity contribution in [2.45, 2.75) is 6.42 Å². The largest absolute Gasteiger partial charge is 0.493 e. The lowest BCUT2D eigenvalue weighted by atomic mass is 9.99. The number of ketones is 1. The smallest absolute Gasteiger partial charge is 0.203 e. The second kappa shape index (κ2) is 7.83. The third-order valence-electron chi connectivity index (χ3n) is 4.14. The molecule has 26 heavy (non-hydrogen) atoms. The van der Waals surface area contributed by atoms with Crippen LogP contribution < -0.4 is 18.9 Å². The van der Waals surface area contributed by atoms with Crippen LogP contribution in [0.2, 0.25) is 0 Å². The third-order valence-corrected chi connectivity index (χ3v) is 4.63. The summed E-state index contributed by atoms with van der Waals surface area (Å²) in [5, 5.41) is 0. The van der Waals surface area contributed by atoms with E-state index in [1.165, 1.54) is 0 Å². The van der Waals surface area contributed by atoms with Crippen molar-refractivity contribution in [1.82, 2.24) is 0 Å². The fraction of sp³-hybridized carbons (Fsp3) is 0.250.